The van der Waals surface area contributed by atoms with Crippen LogP contribution in [0.4, 0.5) is 10.5 Å². The fourth-order valence-electron chi connectivity index (χ4n) is 3.78. The van der Waals surface area contributed by atoms with Crippen molar-refractivity contribution in [3.8, 4) is 0 Å². The molecule has 1 saturated heterocycles. The highest BCUT2D eigenvalue weighted by Gasteiger charge is 2.40. The summed E-state index contributed by atoms with van der Waals surface area (Å²) in [7, 11) is 0. The van der Waals surface area contributed by atoms with Gasteiger partial charge in [-0.15, -0.1) is 0 Å². The summed E-state index contributed by atoms with van der Waals surface area (Å²) in [6.45, 7) is 6.52. The van der Waals surface area contributed by atoms with Gasteiger partial charge >= 0.3 is 6.09 Å². The van der Waals surface area contributed by atoms with Crippen LogP contribution in [0.3, 0.4) is 0 Å². The van der Waals surface area contributed by atoms with E-state index in [1.807, 2.05) is 54.6 Å². The molecule has 2 aromatic carbocycles. The second kappa shape index (κ2) is 8.05. The quantitative estimate of drug-likeness (QED) is 0.782. The average Bonchev–Trinajstić information content (AvgIpc) is 2.99. The predicted octanol–water partition coefficient (Wildman–Crippen LogP) is 4.38. The molecule has 1 aliphatic heterocycles. The number of carbonyl (C=O) groups is 2. The summed E-state index contributed by atoms with van der Waals surface area (Å²) < 4.78 is 5.21. The van der Waals surface area contributed by atoms with Gasteiger partial charge in [-0.3, -0.25) is 4.79 Å². The summed E-state index contributed by atoms with van der Waals surface area (Å²) in [5.74, 6) is -0.264. The molecular weight excluding hydrogens is 352 g/mol. The Hall–Kier alpha value is -2.82. The van der Waals surface area contributed by atoms with Gasteiger partial charge in [0.2, 0.25) is 5.91 Å². The van der Waals surface area contributed by atoms with E-state index in [-0.39, 0.29) is 36.3 Å². The molecule has 28 heavy (non-hydrogen) atoms. The monoisotopic (exact) mass is 380 g/mol. The molecule has 5 nitrogen and oxygen atoms in total. The molecule has 0 radical (unpaired) electrons. The molecule has 1 fully saturated rings. The van der Waals surface area contributed by atoms with Crippen molar-refractivity contribution in [2.45, 2.75) is 45.6 Å². The van der Waals surface area contributed by atoms with E-state index in [1.54, 1.807) is 0 Å². The number of cyclic esters (lactones) is 1. The van der Waals surface area contributed by atoms with Crippen LogP contribution in [0.2, 0.25) is 0 Å². The van der Waals surface area contributed by atoms with Crippen LogP contribution < -0.4 is 5.73 Å². The van der Waals surface area contributed by atoms with Gasteiger partial charge in [-0.05, 0) is 41.0 Å². The van der Waals surface area contributed by atoms with E-state index in [0.717, 1.165) is 11.1 Å². The molecule has 5 heteroatoms. The molecule has 1 heterocycles. The smallest absolute Gasteiger partial charge is 0.416 e. The number of carbonyl (C=O) groups excluding carboxylic acids is 2. The molecule has 1 aliphatic rings. The average molecular weight is 380 g/mol. The lowest BCUT2D eigenvalue weighted by Crippen LogP contribution is -2.41. The van der Waals surface area contributed by atoms with Crippen molar-refractivity contribution in [3.05, 3.63) is 65.7 Å². The normalized spacial score (nSPS) is 18.0. The van der Waals surface area contributed by atoms with Gasteiger partial charge in [0.15, 0.2) is 0 Å². The maximum Gasteiger partial charge on any atom is 0.416 e. The lowest BCUT2D eigenvalue weighted by molar-refractivity contribution is -0.130. The molecule has 0 aliphatic carbocycles. The number of nitrogens with zero attached hydrogens (tertiary/aromatic N) is 1. The minimum absolute atomic E-state index is 0.0609. The van der Waals surface area contributed by atoms with Crippen molar-refractivity contribution in [1.82, 2.24) is 4.90 Å². The first kappa shape index (κ1) is 19.9. The Bertz CT molecular complexity index is 842. The Balaban J connectivity index is 1.80. The summed E-state index contributed by atoms with van der Waals surface area (Å²) in [6.07, 6.45) is 0.274. The zero-order chi connectivity index (χ0) is 20.3. The van der Waals surface area contributed by atoms with Crippen molar-refractivity contribution in [2.24, 2.45) is 5.41 Å². The second-order valence-electron chi connectivity index (χ2n) is 8.48. The lowest BCUT2D eigenvalue weighted by Gasteiger charge is -2.32. The molecule has 2 atom stereocenters. The van der Waals surface area contributed by atoms with Crippen molar-refractivity contribution >= 4 is 17.7 Å². The van der Waals surface area contributed by atoms with Crippen molar-refractivity contribution < 1.29 is 14.3 Å². The SMILES string of the molecule is CC(C)(C)[C@H](CC(=O)N1C(=O)OCC1Cc1ccccc1)c1cccc(N)c1. The number of ether oxygens (including phenoxy) is 1. The van der Waals surface area contributed by atoms with Gasteiger partial charge in [-0.1, -0.05) is 63.2 Å². The standard InChI is InChI=1S/C23H28N2O3/c1-23(2,3)20(17-10-7-11-18(24)13-17)14-21(26)25-19(15-28-22(25)27)12-16-8-5-4-6-9-16/h4-11,13,19-20H,12,14-15,24H2,1-3H3/t19?,20-/m1/s1. The Morgan fingerprint density at radius 2 is 1.89 bits per heavy atom. The van der Waals surface area contributed by atoms with E-state index >= 15 is 0 Å². The number of anilines is 1. The zero-order valence-corrected chi connectivity index (χ0v) is 16.7. The number of imide groups is 1. The van der Waals surface area contributed by atoms with Gasteiger partial charge in [-0.2, -0.15) is 0 Å². The molecule has 148 valence electrons. The molecule has 0 saturated carbocycles. The van der Waals surface area contributed by atoms with Crippen molar-refractivity contribution in [2.75, 3.05) is 12.3 Å². The van der Waals surface area contributed by atoms with Crippen LogP contribution in [0.1, 0.15) is 44.2 Å². The van der Waals surface area contributed by atoms with Crippen LogP contribution in [-0.2, 0) is 16.0 Å². The summed E-state index contributed by atoms with van der Waals surface area (Å²) in [5.41, 5.74) is 8.54. The number of hydrogen-bond donors (Lipinski definition) is 1. The first-order valence-corrected chi connectivity index (χ1v) is 9.64. The van der Waals surface area contributed by atoms with Crippen molar-refractivity contribution in [3.63, 3.8) is 0 Å². The third-order valence-corrected chi connectivity index (χ3v) is 5.28. The molecule has 0 bridgehead atoms. The zero-order valence-electron chi connectivity index (χ0n) is 16.7. The van der Waals surface area contributed by atoms with Crippen molar-refractivity contribution in [1.29, 1.82) is 0 Å². The molecule has 2 aromatic rings. The van der Waals surface area contributed by atoms with Gasteiger partial charge in [0, 0.05) is 12.1 Å². The minimum atomic E-state index is -0.550. The van der Waals surface area contributed by atoms with Crippen LogP contribution in [0.15, 0.2) is 54.6 Å². The topological polar surface area (TPSA) is 72.6 Å². The molecular formula is C23H28N2O3. The largest absolute Gasteiger partial charge is 0.447 e. The van der Waals surface area contributed by atoms with E-state index in [0.29, 0.717) is 12.1 Å². The highest BCUT2D eigenvalue weighted by atomic mass is 16.6. The number of rotatable bonds is 5. The number of benzene rings is 2. The Kier molecular flexibility index (Phi) is 5.73. The van der Waals surface area contributed by atoms with Crippen LogP contribution >= 0.6 is 0 Å². The fraction of sp³-hybridized carbons (Fsp3) is 0.391. The maximum absolute atomic E-state index is 13.2. The van der Waals surface area contributed by atoms with E-state index < -0.39 is 6.09 Å². The summed E-state index contributed by atoms with van der Waals surface area (Å²) in [4.78, 5) is 26.8. The summed E-state index contributed by atoms with van der Waals surface area (Å²) in [5, 5.41) is 0. The van der Waals surface area contributed by atoms with Gasteiger partial charge in [0.05, 0.1) is 6.04 Å². The molecule has 3 rings (SSSR count). The molecule has 2 amide bonds. The van der Waals surface area contributed by atoms with Gasteiger partial charge in [0.1, 0.15) is 6.61 Å². The van der Waals surface area contributed by atoms with Gasteiger partial charge < -0.3 is 10.5 Å². The number of amides is 2. The fourth-order valence-corrected chi connectivity index (χ4v) is 3.78. The second-order valence-corrected chi connectivity index (χ2v) is 8.48. The van der Waals surface area contributed by atoms with Crippen LogP contribution in [0.25, 0.3) is 0 Å². The molecule has 0 spiro atoms. The highest BCUT2D eigenvalue weighted by Crippen LogP contribution is 2.39. The molecule has 0 aromatic heterocycles. The van der Waals surface area contributed by atoms with E-state index in [1.165, 1.54) is 4.90 Å². The van der Waals surface area contributed by atoms with E-state index in [9.17, 15) is 9.59 Å². The minimum Gasteiger partial charge on any atom is -0.447 e. The predicted molar refractivity (Wildman–Crippen MR) is 110 cm³/mol. The van der Waals surface area contributed by atoms with Gasteiger partial charge in [-0.25, -0.2) is 9.69 Å². The highest BCUT2D eigenvalue weighted by molar-refractivity contribution is 5.94. The first-order chi connectivity index (χ1) is 13.3. The first-order valence-electron chi connectivity index (χ1n) is 9.64. The third-order valence-electron chi connectivity index (χ3n) is 5.28. The summed E-state index contributed by atoms with van der Waals surface area (Å²) >= 11 is 0. The van der Waals surface area contributed by atoms with E-state index in [4.69, 9.17) is 10.5 Å². The maximum atomic E-state index is 13.2. The number of hydrogen-bond acceptors (Lipinski definition) is 4. The Labute approximate surface area is 166 Å². The lowest BCUT2D eigenvalue weighted by atomic mass is 9.74. The summed E-state index contributed by atoms with van der Waals surface area (Å²) in [6, 6.07) is 17.2. The van der Waals surface area contributed by atoms with Crippen LogP contribution in [-0.4, -0.2) is 29.5 Å². The number of nitrogens with two attached hydrogens (primary N) is 1. The third kappa shape index (κ3) is 4.53. The number of nitrogen functional groups attached to an aromatic ring is 1. The van der Waals surface area contributed by atoms with E-state index in [2.05, 4.69) is 20.8 Å². The van der Waals surface area contributed by atoms with Gasteiger partial charge in [0.25, 0.3) is 0 Å². The van der Waals surface area contributed by atoms with Crippen LogP contribution in [0, 0.1) is 5.41 Å². The molecule has 2 N–H and O–H groups in total. The Morgan fingerprint density at radius 1 is 1.18 bits per heavy atom. The molecule has 1 unspecified atom stereocenters. The Morgan fingerprint density at radius 3 is 2.54 bits per heavy atom. The van der Waals surface area contributed by atoms with Crippen LogP contribution in [0.5, 0.6) is 0 Å².